The summed E-state index contributed by atoms with van der Waals surface area (Å²) in [5, 5.41) is 8.41. The quantitative estimate of drug-likeness (QED) is 0.656. The summed E-state index contributed by atoms with van der Waals surface area (Å²) in [6, 6.07) is 0.159. The minimum Gasteiger partial charge on any atom is -0.481 e. The molecule has 0 saturated carbocycles. The largest absolute Gasteiger partial charge is 0.481 e. The zero-order valence-corrected chi connectivity index (χ0v) is 8.41. The van der Waals surface area contributed by atoms with Gasteiger partial charge in [0.2, 0.25) is 5.91 Å². The molecule has 0 rings (SSSR count). The standard InChI is InChI=1S/C9H17NO3/c1-4-7(5-2)10(3)8(11)6-9(12)13/h7H,4-6H2,1-3H3,(H,12,13). The van der Waals surface area contributed by atoms with Crippen molar-refractivity contribution in [3.63, 3.8) is 0 Å². The van der Waals surface area contributed by atoms with Crippen molar-refractivity contribution in [1.82, 2.24) is 4.90 Å². The fourth-order valence-electron chi connectivity index (χ4n) is 1.29. The first-order chi connectivity index (χ1) is 6.02. The molecule has 0 aliphatic heterocycles. The highest BCUT2D eigenvalue weighted by molar-refractivity contribution is 5.93. The molecule has 76 valence electrons. The molecule has 0 saturated heterocycles. The molecule has 0 aliphatic carbocycles. The fraction of sp³-hybridized carbons (Fsp3) is 0.778. The zero-order chi connectivity index (χ0) is 10.4. The summed E-state index contributed by atoms with van der Waals surface area (Å²) in [7, 11) is 1.66. The molecule has 0 aromatic carbocycles. The molecular weight excluding hydrogens is 170 g/mol. The SMILES string of the molecule is CCC(CC)N(C)C(=O)CC(=O)O. The molecule has 0 atom stereocenters. The molecule has 4 heteroatoms. The van der Waals surface area contributed by atoms with E-state index in [1.807, 2.05) is 13.8 Å². The highest BCUT2D eigenvalue weighted by Crippen LogP contribution is 2.07. The van der Waals surface area contributed by atoms with E-state index in [0.717, 1.165) is 12.8 Å². The average molecular weight is 187 g/mol. The first-order valence-electron chi connectivity index (χ1n) is 4.50. The van der Waals surface area contributed by atoms with Gasteiger partial charge in [0, 0.05) is 13.1 Å². The van der Waals surface area contributed by atoms with Crippen molar-refractivity contribution in [3.8, 4) is 0 Å². The molecule has 1 N–H and O–H groups in total. The lowest BCUT2D eigenvalue weighted by atomic mass is 10.1. The predicted molar refractivity (Wildman–Crippen MR) is 49.4 cm³/mol. The van der Waals surface area contributed by atoms with Crippen molar-refractivity contribution in [2.45, 2.75) is 39.2 Å². The molecule has 0 spiro atoms. The van der Waals surface area contributed by atoms with Crippen molar-refractivity contribution in [3.05, 3.63) is 0 Å². The number of rotatable bonds is 5. The van der Waals surface area contributed by atoms with Crippen molar-refractivity contribution in [2.75, 3.05) is 7.05 Å². The Hall–Kier alpha value is -1.06. The summed E-state index contributed by atoms with van der Waals surface area (Å²) in [6.45, 7) is 3.97. The van der Waals surface area contributed by atoms with Crippen LogP contribution in [-0.4, -0.2) is 35.0 Å². The maximum Gasteiger partial charge on any atom is 0.312 e. The fourth-order valence-corrected chi connectivity index (χ4v) is 1.29. The van der Waals surface area contributed by atoms with Gasteiger partial charge in [-0.05, 0) is 12.8 Å². The van der Waals surface area contributed by atoms with Crippen LogP contribution in [0.4, 0.5) is 0 Å². The molecule has 0 aromatic heterocycles. The maximum atomic E-state index is 11.3. The van der Waals surface area contributed by atoms with E-state index in [-0.39, 0.29) is 11.9 Å². The number of carbonyl (C=O) groups is 2. The van der Waals surface area contributed by atoms with Gasteiger partial charge < -0.3 is 10.0 Å². The summed E-state index contributed by atoms with van der Waals surface area (Å²) < 4.78 is 0. The van der Waals surface area contributed by atoms with Crippen LogP contribution >= 0.6 is 0 Å². The molecule has 0 unspecified atom stereocenters. The van der Waals surface area contributed by atoms with Crippen molar-refractivity contribution < 1.29 is 14.7 Å². The van der Waals surface area contributed by atoms with Gasteiger partial charge in [-0.2, -0.15) is 0 Å². The molecule has 1 amide bonds. The number of hydrogen-bond acceptors (Lipinski definition) is 2. The minimum absolute atomic E-state index is 0.159. The summed E-state index contributed by atoms with van der Waals surface area (Å²) in [5.41, 5.74) is 0. The van der Waals surface area contributed by atoms with Gasteiger partial charge in [-0.3, -0.25) is 9.59 Å². The summed E-state index contributed by atoms with van der Waals surface area (Å²) in [4.78, 5) is 23.0. The molecule has 0 aromatic rings. The van der Waals surface area contributed by atoms with Crippen LogP contribution in [0.2, 0.25) is 0 Å². The summed E-state index contributed by atoms with van der Waals surface area (Å²) in [6.07, 6.45) is 1.31. The Balaban J connectivity index is 4.14. The van der Waals surface area contributed by atoms with Crippen LogP contribution < -0.4 is 0 Å². The Labute approximate surface area is 78.5 Å². The smallest absolute Gasteiger partial charge is 0.312 e. The van der Waals surface area contributed by atoms with Gasteiger partial charge in [-0.15, -0.1) is 0 Å². The van der Waals surface area contributed by atoms with Crippen molar-refractivity contribution in [2.24, 2.45) is 0 Å². The maximum absolute atomic E-state index is 11.3. The second-order valence-electron chi connectivity index (χ2n) is 3.05. The number of carbonyl (C=O) groups excluding carboxylic acids is 1. The van der Waals surface area contributed by atoms with E-state index in [0.29, 0.717) is 0 Å². The topological polar surface area (TPSA) is 57.6 Å². The second kappa shape index (κ2) is 5.56. The Bertz CT molecular complexity index is 187. The highest BCUT2D eigenvalue weighted by Gasteiger charge is 2.18. The third kappa shape index (κ3) is 3.92. The number of carboxylic acid groups (broad SMARTS) is 1. The van der Waals surface area contributed by atoms with Crippen LogP contribution in [-0.2, 0) is 9.59 Å². The lowest BCUT2D eigenvalue weighted by Gasteiger charge is -2.25. The molecule has 0 aliphatic rings. The van der Waals surface area contributed by atoms with Gasteiger partial charge in [0.1, 0.15) is 6.42 Å². The molecular formula is C9H17NO3. The third-order valence-electron chi connectivity index (χ3n) is 2.19. The van der Waals surface area contributed by atoms with Gasteiger partial charge in [0.25, 0.3) is 0 Å². The first-order valence-corrected chi connectivity index (χ1v) is 4.50. The minimum atomic E-state index is -1.07. The Morgan fingerprint density at radius 2 is 1.77 bits per heavy atom. The van der Waals surface area contributed by atoms with E-state index < -0.39 is 12.4 Å². The van der Waals surface area contributed by atoms with Crippen molar-refractivity contribution >= 4 is 11.9 Å². The lowest BCUT2D eigenvalue weighted by molar-refractivity contribution is -0.144. The Morgan fingerprint density at radius 3 is 2.08 bits per heavy atom. The van der Waals surface area contributed by atoms with E-state index in [9.17, 15) is 9.59 Å². The lowest BCUT2D eigenvalue weighted by Crippen LogP contribution is -2.37. The van der Waals surface area contributed by atoms with Crippen LogP contribution in [0, 0.1) is 0 Å². The van der Waals surface area contributed by atoms with Crippen molar-refractivity contribution in [1.29, 1.82) is 0 Å². The predicted octanol–water partition coefficient (Wildman–Crippen LogP) is 1.11. The van der Waals surface area contributed by atoms with Gasteiger partial charge in [0.05, 0.1) is 0 Å². The van der Waals surface area contributed by atoms with Crippen LogP contribution in [0.15, 0.2) is 0 Å². The third-order valence-corrected chi connectivity index (χ3v) is 2.19. The zero-order valence-electron chi connectivity index (χ0n) is 8.41. The Morgan fingerprint density at radius 1 is 1.31 bits per heavy atom. The molecule has 0 radical (unpaired) electrons. The van der Waals surface area contributed by atoms with Crippen LogP contribution in [0.5, 0.6) is 0 Å². The Kier molecular flexibility index (Phi) is 5.11. The second-order valence-corrected chi connectivity index (χ2v) is 3.05. The first kappa shape index (κ1) is 11.9. The number of hydrogen-bond donors (Lipinski definition) is 1. The van der Waals surface area contributed by atoms with Gasteiger partial charge in [-0.25, -0.2) is 0 Å². The number of carboxylic acids is 1. The summed E-state index contributed by atoms with van der Waals surface area (Å²) >= 11 is 0. The normalized spacial score (nSPS) is 10.2. The van der Waals surface area contributed by atoms with Crippen LogP contribution in [0.3, 0.4) is 0 Å². The molecule has 0 bridgehead atoms. The molecule has 0 heterocycles. The molecule has 4 nitrogen and oxygen atoms in total. The van der Waals surface area contributed by atoms with E-state index in [2.05, 4.69) is 0 Å². The highest BCUT2D eigenvalue weighted by atomic mass is 16.4. The van der Waals surface area contributed by atoms with E-state index >= 15 is 0 Å². The van der Waals surface area contributed by atoms with E-state index in [1.165, 1.54) is 4.90 Å². The monoisotopic (exact) mass is 187 g/mol. The van der Waals surface area contributed by atoms with Crippen LogP contribution in [0.1, 0.15) is 33.1 Å². The van der Waals surface area contributed by atoms with E-state index in [1.54, 1.807) is 7.05 Å². The van der Waals surface area contributed by atoms with Gasteiger partial charge in [-0.1, -0.05) is 13.8 Å². The van der Waals surface area contributed by atoms with E-state index in [4.69, 9.17) is 5.11 Å². The van der Waals surface area contributed by atoms with Crippen LogP contribution in [0.25, 0.3) is 0 Å². The summed E-state index contributed by atoms with van der Waals surface area (Å²) in [5.74, 6) is -1.39. The number of amides is 1. The number of nitrogens with zero attached hydrogens (tertiary/aromatic N) is 1. The van der Waals surface area contributed by atoms with Gasteiger partial charge in [0.15, 0.2) is 0 Å². The molecule has 13 heavy (non-hydrogen) atoms. The van der Waals surface area contributed by atoms with Gasteiger partial charge >= 0.3 is 5.97 Å². The number of aliphatic carboxylic acids is 1. The average Bonchev–Trinajstić information content (AvgIpc) is 2.05. The molecule has 0 fully saturated rings.